The maximum absolute atomic E-state index is 5.97. The van der Waals surface area contributed by atoms with Gasteiger partial charge in [-0.1, -0.05) is 0 Å². The number of methoxy groups -OCH3 is 1. The first-order valence-corrected chi connectivity index (χ1v) is 3.62. The van der Waals surface area contributed by atoms with Crippen LogP contribution in [0.2, 0.25) is 0 Å². The SMILES string of the molecule is COC1CC2C3C1C23N. The van der Waals surface area contributed by atoms with Crippen LogP contribution in [0.5, 0.6) is 0 Å². The molecule has 0 aromatic heterocycles. The van der Waals surface area contributed by atoms with Crippen molar-refractivity contribution in [1.82, 2.24) is 0 Å². The number of nitrogens with two attached hydrogens (primary N) is 1. The Bertz CT molecular complexity index is 176. The Morgan fingerprint density at radius 3 is 2.44 bits per heavy atom. The molecule has 0 radical (unpaired) electrons. The van der Waals surface area contributed by atoms with Crippen molar-refractivity contribution < 1.29 is 4.74 Å². The summed E-state index contributed by atoms with van der Waals surface area (Å²) in [5.41, 5.74) is 6.27. The van der Waals surface area contributed by atoms with E-state index in [4.69, 9.17) is 10.5 Å². The molecule has 50 valence electrons. The predicted molar refractivity (Wildman–Crippen MR) is 32.8 cm³/mol. The molecule has 0 aromatic carbocycles. The first kappa shape index (κ1) is 4.69. The van der Waals surface area contributed by atoms with E-state index in [9.17, 15) is 0 Å². The van der Waals surface area contributed by atoms with Crippen molar-refractivity contribution in [2.24, 2.45) is 23.5 Å². The molecule has 2 bridgehead atoms. The van der Waals surface area contributed by atoms with Crippen LogP contribution in [0.25, 0.3) is 0 Å². The fourth-order valence-electron chi connectivity index (χ4n) is 2.94. The lowest BCUT2D eigenvalue weighted by Gasteiger charge is -2.05. The molecule has 4 aliphatic rings. The molecule has 2 nitrogen and oxygen atoms in total. The molecule has 5 unspecified atom stereocenters. The first-order chi connectivity index (χ1) is 4.30. The van der Waals surface area contributed by atoms with E-state index in [-0.39, 0.29) is 0 Å². The van der Waals surface area contributed by atoms with E-state index in [1.807, 2.05) is 0 Å². The molecule has 2 N–H and O–H groups in total. The molecule has 5 atom stereocenters. The van der Waals surface area contributed by atoms with Crippen molar-refractivity contribution >= 4 is 0 Å². The summed E-state index contributed by atoms with van der Waals surface area (Å²) in [4.78, 5) is 0. The Labute approximate surface area is 54.4 Å². The highest BCUT2D eigenvalue weighted by Crippen LogP contribution is 2.83. The van der Waals surface area contributed by atoms with Crippen LogP contribution in [0.3, 0.4) is 0 Å². The molecule has 0 aliphatic heterocycles. The lowest BCUT2D eigenvalue weighted by atomic mass is 10.2. The fraction of sp³-hybridized carbons (Fsp3) is 1.00. The third-order valence-corrected chi connectivity index (χ3v) is 3.59. The Hall–Kier alpha value is -0.0800. The van der Waals surface area contributed by atoms with E-state index in [2.05, 4.69) is 0 Å². The largest absolute Gasteiger partial charge is 0.381 e. The molecule has 9 heavy (non-hydrogen) atoms. The minimum Gasteiger partial charge on any atom is -0.381 e. The van der Waals surface area contributed by atoms with Gasteiger partial charge < -0.3 is 10.5 Å². The van der Waals surface area contributed by atoms with Crippen LogP contribution >= 0.6 is 0 Å². The second kappa shape index (κ2) is 0.956. The summed E-state index contributed by atoms with van der Waals surface area (Å²) in [6.45, 7) is 0. The van der Waals surface area contributed by atoms with Crippen LogP contribution in [0.4, 0.5) is 0 Å². The maximum Gasteiger partial charge on any atom is 0.0624 e. The highest BCUT2D eigenvalue weighted by molar-refractivity contribution is 5.43. The summed E-state index contributed by atoms with van der Waals surface area (Å²) in [6.07, 6.45) is 1.76. The zero-order valence-electron chi connectivity index (χ0n) is 5.50. The number of fused-ring (bicyclic) bond motifs is 1. The number of rotatable bonds is 1. The summed E-state index contributed by atoms with van der Waals surface area (Å²) in [5.74, 6) is 2.49. The molecule has 2 heteroatoms. The Balaban J connectivity index is 1.90. The molecule has 4 fully saturated rings. The van der Waals surface area contributed by atoms with Gasteiger partial charge in [0.2, 0.25) is 0 Å². The third-order valence-electron chi connectivity index (χ3n) is 3.59. The average molecular weight is 125 g/mol. The molecule has 4 saturated carbocycles. The topological polar surface area (TPSA) is 35.2 Å². The van der Waals surface area contributed by atoms with E-state index >= 15 is 0 Å². The maximum atomic E-state index is 5.97. The van der Waals surface area contributed by atoms with Gasteiger partial charge in [0.15, 0.2) is 0 Å². The van der Waals surface area contributed by atoms with Gasteiger partial charge in [-0.3, -0.25) is 0 Å². The van der Waals surface area contributed by atoms with Crippen LogP contribution < -0.4 is 5.73 Å². The van der Waals surface area contributed by atoms with Gasteiger partial charge in [-0.25, -0.2) is 0 Å². The van der Waals surface area contributed by atoms with Crippen molar-refractivity contribution in [2.75, 3.05) is 7.11 Å². The van der Waals surface area contributed by atoms with Crippen LogP contribution in [-0.4, -0.2) is 18.8 Å². The molecule has 0 spiro atoms. The zero-order valence-corrected chi connectivity index (χ0v) is 5.50. The summed E-state index contributed by atoms with van der Waals surface area (Å²) in [7, 11) is 1.80. The normalized spacial score (nSPS) is 74.0. The smallest absolute Gasteiger partial charge is 0.0624 e. The minimum atomic E-state index is 0.292. The van der Waals surface area contributed by atoms with E-state index in [0.717, 1.165) is 17.8 Å². The first-order valence-electron chi connectivity index (χ1n) is 3.62. The third kappa shape index (κ3) is 0.272. The Kier molecular flexibility index (Phi) is 0.498. The fourth-order valence-corrected chi connectivity index (χ4v) is 2.94. The van der Waals surface area contributed by atoms with E-state index in [1.54, 1.807) is 7.11 Å². The molecule has 0 amide bonds. The van der Waals surface area contributed by atoms with Crippen LogP contribution in [0.15, 0.2) is 0 Å². The van der Waals surface area contributed by atoms with Gasteiger partial charge >= 0.3 is 0 Å². The summed E-state index contributed by atoms with van der Waals surface area (Å²) in [6, 6.07) is 0. The number of hydrogen-bond donors (Lipinski definition) is 1. The Morgan fingerprint density at radius 2 is 2.22 bits per heavy atom. The Morgan fingerprint density at radius 1 is 1.56 bits per heavy atom. The van der Waals surface area contributed by atoms with Gasteiger partial charge in [0, 0.05) is 18.6 Å². The molecule has 4 rings (SSSR count). The highest BCUT2D eigenvalue weighted by Gasteiger charge is 2.90. The second-order valence-electron chi connectivity index (χ2n) is 3.67. The lowest BCUT2D eigenvalue weighted by molar-refractivity contribution is 0.0975. The lowest BCUT2D eigenvalue weighted by Crippen LogP contribution is -2.20. The van der Waals surface area contributed by atoms with Crippen LogP contribution in [0, 0.1) is 17.8 Å². The van der Waals surface area contributed by atoms with Gasteiger partial charge in [0.25, 0.3) is 0 Å². The van der Waals surface area contributed by atoms with E-state index < -0.39 is 0 Å². The van der Waals surface area contributed by atoms with Crippen molar-refractivity contribution in [2.45, 2.75) is 18.1 Å². The average Bonchev–Trinajstić information content (AvgIpc) is 2.56. The van der Waals surface area contributed by atoms with Gasteiger partial charge in [0.1, 0.15) is 0 Å². The number of hydrogen-bond acceptors (Lipinski definition) is 2. The van der Waals surface area contributed by atoms with Gasteiger partial charge in [-0.2, -0.15) is 0 Å². The molecule has 0 heterocycles. The van der Waals surface area contributed by atoms with Crippen molar-refractivity contribution in [1.29, 1.82) is 0 Å². The van der Waals surface area contributed by atoms with E-state index in [1.165, 1.54) is 6.42 Å². The molecular formula is C7H11NO. The van der Waals surface area contributed by atoms with Crippen molar-refractivity contribution in [3.8, 4) is 0 Å². The van der Waals surface area contributed by atoms with Gasteiger partial charge in [0.05, 0.1) is 6.10 Å². The summed E-state index contributed by atoms with van der Waals surface area (Å²) in [5, 5.41) is 0. The summed E-state index contributed by atoms with van der Waals surface area (Å²) >= 11 is 0. The zero-order chi connectivity index (χ0) is 6.22. The van der Waals surface area contributed by atoms with E-state index in [0.29, 0.717) is 11.6 Å². The van der Waals surface area contributed by atoms with Crippen molar-refractivity contribution in [3.63, 3.8) is 0 Å². The number of ether oxygens (including phenoxy) is 1. The molecule has 0 saturated heterocycles. The highest BCUT2D eigenvalue weighted by atomic mass is 16.5. The predicted octanol–water partition coefficient (Wildman–Crippen LogP) is -0.0216. The van der Waals surface area contributed by atoms with Crippen LogP contribution in [-0.2, 0) is 4.74 Å². The quantitative estimate of drug-likeness (QED) is 0.534. The minimum absolute atomic E-state index is 0.292. The molecule has 4 aliphatic carbocycles. The second-order valence-corrected chi connectivity index (χ2v) is 3.67. The van der Waals surface area contributed by atoms with Gasteiger partial charge in [-0.15, -0.1) is 0 Å². The standard InChI is InChI=1S/C7H11NO/c1-9-4-2-3-5-6(4)7(3,5)8/h3-6H,2,8H2,1H3. The van der Waals surface area contributed by atoms with Gasteiger partial charge in [-0.05, 0) is 18.3 Å². The summed E-state index contributed by atoms with van der Waals surface area (Å²) < 4.78 is 5.27. The van der Waals surface area contributed by atoms with Crippen molar-refractivity contribution in [3.05, 3.63) is 0 Å². The molecular weight excluding hydrogens is 114 g/mol. The monoisotopic (exact) mass is 125 g/mol. The molecule has 0 aromatic rings. The van der Waals surface area contributed by atoms with Crippen LogP contribution in [0.1, 0.15) is 6.42 Å².